The minimum Gasteiger partial charge on any atom is -0.506 e. The second kappa shape index (κ2) is 9.31. The van der Waals surface area contributed by atoms with Crippen LogP contribution in [0.1, 0.15) is 41.6 Å². The molecule has 2 fully saturated rings. The molecular weight excluding hydrogens is 466 g/mol. The molecule has 1 saturated carbocycles. The smallest absolute Gasteiger partial charge is 0.258 e. The average molecular weight is 494 g/mol. The van der Waals surface area contributed by atoms with Crippen molar-refractivity contribution in [3.63, 3.8) is 0 Å². The Bertz CT molecular complexity index is 1380. The van der Waals surface area contributed by atoms with E-state index in [1.54, 1.807) is 36.4 Å². The number of fused-ring (bicyclic) bond motifs is 1. The van der Waals surface area contributed by atoms with Gasteiger partial charge in [0.1, 0.15) is 11.8 Å². The van der Waals surface area contributed by atoms with Crippen LogP contribution in [-0.4, -0.2) is 48.9 Å². The topological polar surface area (TPSA) is 116 Å². The lowest BCUT2D eigenvalue weighted by Crippen LogP contribution is -2.45. The van der Waals surface area contributed by atoms with Gasteiger partial charge >= 0.3 is 0 Å². The summed E-state index contributed by atoms with van der Waals surface area (Å²) in [5.74, 6) is -0.725. The number of hydrogen-bond donors (Lipinski definition) is 3. The Kier molecular flexibility index (Phi) is 6.21. The summed E-state index contributed by atoms with van der Waals surface area (Å²) in [7, 11) is -3.52. The molecule has 2 amide bonds. The third-order valence-electron chi connectivity index (χ3n) is 6.55. The zero-order valence-corrected chi connectivity index (χ0v) is 19.9. The van der Waals surface area contributed by atoms with Crippen molar-refractivity contribution in [2.75, 3.05) is 6.54 Å². The summed E-state index contributed by atoms with van der Waals surface area (Å²) in [6.45, 7) is 0.651. The lowest BCUT2D eigenvalue weighted by Gasteiger charge is -2.24. The summed E-state index contributed by atoms with van der Waals surface area (Å²) in [4.78, 5) is 27.9. The molecular formula is C26H27N3O5S. The number of benzene rings is 3. The molecule has 3 N–H and O–H groups in total. The zero-order valence-electron chi connectivity index (χ0n) is 19.1. The van der Waals surface area contributed by atoms with Crippen LogP contribution in [-0.2, 0) is 21.4 Å². The number of sulfonamides is 1. The van der Waals surface area contributed by atoms with Crippen LogP contribution in [0.15, 0.2) is 65.6 Å². The number of phenols is 1. The van der Waals surface area contributed by atoms with Crippen LogP contribution in [0.2, 0.25) is 0 Å². The number of phenolic OH excluding ortho intramolecular Hbond substituents is 1. The number of amides is 2. The van der Waals surface area contributed by atoms with E-state index in [1.807, 2.05) is 12.1 Å². The van der Waals surface area contributed by atoms with Crippen LogP contribution >= 0.6 is 0 Å². The number of hydrogen-bond acceptors (Lipinski definition) is 5. The molecule has 0 bridgehead atoms. The minimum absolute atomic E-state index is 0.0348. The summed E-state index contributed by atoms with van der Waals surface area (Å²) >= 11 is 0. The van der Waals surface area contributed by atoms with Gasteiger partial charge in [0.15, 0.2) is 0 Å². The lowest BCUT2D eigenvalue weighted by molar-refractivity contribution is -0.125. The van der Waals surface area contributed by atoms with Crippen molar-refractivity contribution in [1.29, 1.82) is 0 Å². The van der Waals surface area contributed by atoms with Crippen molar-refractivity contribution in [3.8, 4) is 5.75 Å². The van der Waals surface area contributed by atoms with Gasteiger partial charge in [-0.1, -0.05) is 42.5 Å². The number of aromatic hydroxyl groups is 1. The maximum atomic E-state index is 13.2. The number of likely N-dealkylation sites (tertiary alicyclic amines) is 1. The average Bonchev–Trinajstić information content (AvgIpc) is 3.52. The van der Waals surface area contributed by atoms with E-state index >= 15 is 0 Å². The molecule has 2 aliphatic rings. The molecule has 0 spiro atoms. The first-order chi connectivity index (χ1) is 16.8. The molecule has 8 nitrogen and oxygen atoms in total. The number of nitrogens with one attached hydrogen (secondary N) is 2. The Morgan fingerprint density at radius 3 is 2.46 bits per heavy atom. The molecule has 182 valence electrons. The third-order valence-corrected chi connectivity index (χ3v) is 8.08. The van der Waals surface area contributed by atoms with Gasteiger partial charge in [-0.15, -0.1) is 0 Å². The lowest BCUT2D eigenvalue weighted by atomic mass is 10.0. The van der Waals surface area contributed by atoms with Gasteiger partial charge in [-0.25, -0.2) is 13.1 Å². The summed E-state index contributed by atoms with van der Waals surface area (Å²) in [5, 5.41) is 15.0. The van der Waals surface area contributed by atoms with Crippen LogP contribution in [0.5, 0.6) is 5.75 Å². The Labute approximate surface area is 204 Å². The van der Waals surface area contributed by atoms with Crippen LogP contribution in [0.3, 0.4) is 0 Å². The second-order valence-corrected chi connectivity index (χ2v) is 10.8. The molecule has 3 aromatic rings. The maximum Gasteiger partial charge on any atom is 0.258 e. The predicted octanol–water partition coefficient (Wildman–Crippen LogP) is 2.91. The molecule has 1 atom stereocenters. The van der Waals surface area contributed by atoms with Gasteiger partial charge in [-0.3, -0.25) is 9.59 Å². The van der Waals surface area contributed by atoms with E-state index < -0.39 is 16.1 Å². The SMILES string of the molecule is O=C(NCc1ccc(S(=O)(=O)NC2CC2)cc1)C1CCCN1C(=O)c1ccc2ccccc2c1O. The molecule has 5 rings (SSSR count). The molecule has 35 heavy (non-hydrogen) atoms. The summed E-state index contributed by atoms with van der Waals surface area (Å²) in [6, 6.07) is 16.5. The van der Waals surface area contributed by atoms with E-state index in [2.05, 4.69) is 10.0 Å². The second-order valence-electron chi connectivity index (χ2n) is 9.10. The van der Waals surface area contributed by atoms with Crippen LogP contribution < -0.4 is 10.0 Å². The van der Waals surface area contributed by atoms with Gasteiger partial charge < -0.3 is 15.3 Å². The molecule has 3 aromatic carbocycles. The van der Waals surface area contributed by atoms with E-state index in [0.29, 0.717) is 24.8 Å². The van der Waals surface area contributed by atoms with Gasteiger partial charge in [0.2, 0.25) is 15.9 Å². The standard InChI is InChI=1S/C26H27N3O5S/c30-24-21-5-2-1-4-18(21)9-14-22(24)26(32)29-15-3-6-23(29)25(31)27-16-17-7-12-20(13-8-17)35(33,34)28-19-10-11-19/h1-2,4-5,7-9,12-14,19,23,28,30H,3,6,10-11,15-16H2,(H,27,31). The van der Waals surface area contributed by atoms with Crippen LogP contribution in [0, 0.1) is 0 Å². The number of nitrogens with zero attached hydrogens (tertiary/aromatic N) is 1. The molecule has 1 saturated heterocycles. The fourth-order valence-corrected chi connectivity index (χ4v) is 5.75. The molecule has 1 heterocycles. The molecule has 0 radical (unpaired) electrons. The Hall–Kier alpha value is -3.43. The quantitative estimate of drug-likeness (QED) is 0.468. The highest BCUT2D eigenvalue weighted by Crippen LogP contribution is 2.31. The Morgan fingerprint density at radius 1 is 0.971 bits per heavy atom. The highest BCUT2D eigenvalue weighted by Gasteiger charge is 2.35. The highest BCUT2D eigenvalue weighted by atomic mass is 32.2. The number of carbonyl (C=O) groups is 2. The Morgan fingerprint density at radius 2 is 1.71 bits per heavy atom. The fourth-order valence-electron chi connectivity index (χ4n) is 4.45. The molecule has 1 unspecified atom stereocenters. The zero-order chi connectivity index (χ0) is 24.6. The highest BCUT2D eigenvalue weighted by molar-refractivity contribution is 7.89. The van der Waals surface area contributed by atoms with E-state index in [1.165, 1.54) is 17.0 Å². The molecule has 9 heteroatoms. The maximum absolute atomic E-state index is 13.2. The van der Waals surface area contributed by atoms with E-state index in [0.717, 1.165) is 23.8 Å². The van der Waals surface area contributed by atoms with Crippen molar-refractivity contribution in [1.82, 2.24) is 14.9 Å². The normalized spacial score (nSPS) is 18.1. The van der Waals surface area contributed by atoms with Gasteiger partial charge in [-0.05, 0) is 54.8 Å². The number of carbonyl (C=O) groups excluding carboxylic acids is 2. The Balaban J connectivity index is 1.24. The predicted molar refractivity (Wildman–Crippen MR) is 131 cm³/mol. The minimum atomic E-state index is -3.52. The molecule has 1 aliphatic heterocycles. The molecule has 1 aliphatic carbocycles. The van der Waals surface area contributed by atoms with Gasteiger partial charge in [0, 0.05) is 24.5 Å². The van der Waals surface area contributed by atoms with Gasteiger partial charge in [0.25, 0.3) is 5.91 Å². The van der Waals surface area contributed by atoms with Gasteiger partial charge in [-0.2, -0.15) is 0 Å². The first-order valence-corrected chi connectivity index (χ1v) is 13.2. The van der Waals surface area contributed by atoms with E-state index in [4.69, 9.17) is 0 Å². The largest absolute Gasteiger partial charge is 0.506 e. The van der Waals surface area contributed by atoms with Crippen LogP contribution in [0.25, 0.3) is 10.8 Å². The summed E-state index contributed by atoms with van der Waals surface area (Å²) in [5.41, 5.74) is 0.937. The monoisotopic (exact) mass is 493 g/mol. The van der Waals surface area contributed by atoms with Crippen molar-refractivity contribution in [2.45, 2.75) is 49.2 Å². The van der Waals surface area contributed by atoms with Crippen molar-refractivity contribution >= 4 is 32.6 Å². The fraction of sp³-hybridized carbons (Fsp3) is 0.308. The van der Waals surface area contributed by atoms with E-state index in [-0.39, 0.29) is 40.6 Å². The van der Waals surface area contributed by atoms with Crippen molar-refractivity contribution in [2.24, 2.45) is 0 Å². The summed E-state index contributed by atoms with van der Waals surface area (Å²) in [6.07, 6.45) is 2.96. The third kappa shape index (κ3) is 4.87. The first-order valence-electron chi connectivity index (χ1n) is 11.7. The summed E-state index contributed by atoms with van der Waals surface area (Å²) < 4.78 is 27.3. The number of rotatable bonds is 7. The van der Waals surface area contributed by atoms with Gasteiger partial charge in [0.05, 0.1) is 10.5 Å². The van der Waals surface area contributed by atoms with Crippen molar-refractivity contribution in [3.05, 3.63) is 71.8 Å². The van der Waals surface area contributed by atoms with Crippen molar-refractivity contribution < 1.29 is 23.1 Å². The molecule has 0 aromatic heterocycles. The van der Waals surface area contributed by atoms with E-state index in [9.17, 15) is 23.1 Å². The first kappa shape index (κ1) is 23.3. The van der Waals surface area contributed by atoms with Crippen LogP contribution in [0.4, 0.5) is 0 Å².